The molecule has 1 aromatic carbocycles. The molecule has 0 bridgehead atoms. The zero-order chi connectivity index (χ0) is 9.14. The van der Waals surface area contributed by atoms with Crippen LogP contribution in [0.25, 0.3) is 0 Å². The first-order valence-electron chi connectivity index (χ1n) is 3.72. The molecule has 0 heterocycles. The Morgan fingerprint density at radius 1 is 1.50 bits per heavy atom. The average Bonchev–Trinajstić information content (AvgIpc) is 2.08. The minimum Gasteiger partial charge on any atom is -0.301 e. The molecule has 0 aliphatic rings. The van der Waals surface area contributed by atoms with Crippen molar-refractivity contribution >= 4 is 11.6 Å². The number of hydrogen-bond donors (Lipinski definition) is 1. The molecule has 66 valence electrons. The van der Waals surface area contributed by atoms with Crippen LogP contribution in [0, 0.1) is 12.7 Å². The second-order valence-electron chi connectivity index (χ2n) is 2.66. The van der Waals surface area contributed by atoms with E-state index in [1.165, 1.54) is 6.07 Å². The number of rotatable bonds is 2. The Bertz CT molecular complexity index is 275. The van der Waals surface area contributed by atoms with Gasteiger partial charge in [0.25, 0.3) is 0 Å². The van der Waals surface area contributed by atoms with Crippen molar-refractivity contribution in [1.82, 2.24) is 5.32 Å². The number of benzene rings is 1. The maximum Gasteiger partial charge on any atom is 0.126 e. The summed E-state index contributed by atoms with van der Waals surface area (Å²) in [4.78, 5) is 0. The Kier molecular flexibility index (Phi) is 3.06. The van der Waals surface area contributed by atoms with Crippen LogP contribution in [0.4, 0.5) is 4.39 Å². The van der Waals surface area contributed by atoms with Gasteiger partial charge in [0.15, 0.2) is 0 Å². The first-order valence-corrected chi connectivity index (χ1v) is 4.16. The first-order chi connectivity index (χ1) is 5.65. The van der Waals surface area contributed by atoms with Crippen molar-refractivity contribution in [3.63, 3.8) is 0 Å². The molecule has 0 spiro atoms. The molecule has 3 heteroatoms. The number of nitrogens with one attached hydrogen (secondary N) is 1. The topological polar surface area (TPSA) is 12.0 Å². The van der Waals surface area contributed by atoms with Crippen LogP contribution in [0.1, 0.15) is 16.6 Å². The highest BCUT2D eigenvalue weighted by Crippen LogP contribution is 2.19. The average molecular weight is 188 g/mol. The van der Waals surface area contributed by atoms with E-state index in [-0.39, 0.29) is 11.3 Å². The molecule has 0 aromatic heterocycles. The van der Waals surface area contributed by atoms with Crippen molar-refractivity contribution < 1.29 is 4.39 Å². The number of aryl methyl sites for hydroxylation is 1. The van der Waals surface area contributed by atoms with Crippen LogP contribution in [-0.4, -0.2) is 7.05 Å². The van der Waals surface area contributed by atoms with Crippen molar-refractivity contribution in [1.29, 1.82) is 0 Å². The van der Waals surface area contributed by atoms with Gasteiger partial charge in [0, 0.05) is 0 Å². The largest absolute Gasteiger partial charge is 0.301 e. The molecule has 0 saturated carbocycles. The van der Waals surface area contributed by atoms with Gasteiger partial charge in [-0.2, -0.15) is 0 Å². The SMILES string of the molecule is CNC(Cl)c1ccc(F)c(C)c1. The Hall–Kier alpha value is -0.600. The van der Waals surface area contributed by atoms with Crippen LogP contribution in [0.5, 0.6) is 0 Å². The van der Waals surface area contributed by atoms with Gasteiger partial charge >= 0.3 is 0 Å². The third-order valence-corrected chi connectivity index (χ3v) is 2.20. The Morgan fingerprint density at radius 2 is 2.17 bits per heavy atom. The standard InChI is InChI=1S/C9H11ClFN/c1-6-5-7(9(10)12-2)3-4-8(6)11/h3-5,9,12H,1-2H3. The maximum atomic E-state index is 12.8. The van der Waals surface area contributed by atoms with E-state index >= 15 is 0 Å². The monoisotopic (exact) mass is 187 g/mol. The summed E-state index contributed by atoms with van der Waals surface area (Å²) in [5, 5.41) is 2.87. The Balaban J connectivity index is 2.96. The molecule has 0 radical (unpaired) electrons. The summed E-state index contributed by atoms with van der Waals surface area (Å²) in [7, 11) is 1.76. The quantitative estimate of drug-likeness (QED) is 0.555. The molecule has 1 aromatic rings. The number of alkyl halides is 1. The molecule has 0 aliphatic carbocycles. The highest BCUT2D eigenvalue weighted by Gasteiger charge is 2.05. The maximum absolute atomic E-state index is 12.8. The van der Waals surface area contributed by atoms with Gasteiger partial charge in [-0.3, -0.25) is 0 Å². The summed E-state index contributed by atoms with van der Waals surface area (Å²) in [5.41, 5.74) is 1.26. The molecule has 1 N–H and O–H groups in total. The number of hydrogen-bond acceptors (Lipinski definition) is 1. The summed E-state index contributed by atoms with van der Waals surface area (Å²) < 4.78 is 12.8. The minimum atomic E-state index is -0.246. The fourth-order valence-electron chi connectivity index (χ4n) is 0.992. The molecule has 1 unspecified atom stereocenters. The second-order valence-corrected chi connectivity index (χ2v) is 3.10. The Labute approximate surface area is 76.5 Å². The van der Waals surface area contributed by atoms with Gasteiger partial charge in [-0.1, -0.05) is 12.1 Å². The predicted octanol–water partition coefficient (Wildman–Crippen LogP) is 2.59. The van der Waals surface area contributed by atoms with E-state index in [0.717, 1.165) is 5.56 Å². The molecule has 12 heavy (non-hydrogen) atoms. The molecule has 1 nitrogen and oxygen atoms in total. The lowest BCUT2D eigenvalue weighted by Gasteiger charge is -2.08. The zero-order valence-corrected chi connectivity index (χ0v) is 7.82. The van der Waals surface area contributed by atoms with Crippen LogP contribution in [0.2, 0.25) is 0 Å². The lowest BCUT2D eigenvalue weighted by atomic mass is 10.1. The van der Waals surface area contributed by atoms with Gasteiger partial charge in [0.05, 0.1) is 0 Å². The fourth-order valence-corrected chi connectivity index (χ4v) is 1.13. The van der Waals surface area contributed by atoms with Crippen molar-refractivity contribution in [3.05, 3.63) is 35.1 Å². The van der Waals surface area contributed by atoms with Crippen LogP contribution in [0.15, 0.2) is 18.2 Å². The van der Waals surface area contributed by atoms with Crippen molar-refractivity contribution in [2.45, 2.75) is 12.4 Å². The molecule has 0 aliphatic heterocycles. The van der Waals surface area contributed by atoms with Gasteiger partial charge in [-0.15, -0.1) is 11.6 Å². The van der Waals surface area contributed by atoms with Crippen LogP contribution >= 0.6 is 11.6 Å². The lowest BCUT2D eigenvalue weighted by molar-refractivity contribution is 0.616. The smallest absolute Gasteiger partial charge is 0.126 e. The molecular weight excluding hydrogens is 177 g/mol. The molecule has 1 atom stereocenters. The van der Waals surface area contributed by atoms with Gasteiger partial charge in [-0.05, 0) is 31.2 Å². The van der Waals surface area contributed by atoms with Crippen molar-refractivity contribution in [3.8, 4) is 0 Å². The van der Waals surface area contributed by atoms with Gasteiger partial charge in [0.1, 0.15) is 11.3 Å². The van der Waals surface area contributed by atoms with Crippen LogP contribution in [0.3, 0.4) is 0 Å². The summed E-state index contributed by atoms with van der Waals surface area (Å²) >= 11 is 5.88. The van der Waals surface area contributed by atoms with Crippen molar-refractivity contribution in [2.24, 2.45) is 0 Å². The highest BCUT2D eigenvalue weighted by molar-refractivity contribution is 6.20. The molecule has 1 rings (SSSR count). The predicted molar refractivity (Wildman–Crippen MR) is 48.8 cm³/mol. The summed E-state index contributed by atoms with van der Waals surface area (Å²) in [6.45, 7) is 1.72. The van der Waals surface area contributed by atoms with Crippen molar-refractivity contribution in [2.75, 3.05) is 7.05 Å². The van der Waals surface area contributed by atoms with E-state index in [0.29, 0.717) is 5.56 Å². The molecule has 0 saturated heterocycles. The van der Waals surface area contributed by atoms with E-state index in [4.69, 9.17) is 11.6 Å². The van der Waals surface area contributed by atoms with Crippen LogP contribution in [-0.2, 0) is 0 Å². The third-order valence-electron chi connectivity index (χ3n) is 1.73. The Morgan fingerprint density at radius 3 is 2.67 bits per heavy atom. The normalized spacial score (nSPS) is 13.0. The molecular formula is C9H11ClFN. The minimum absolute atomic E-state index is 0.196. The highest BCUT2D eigenvalue weighted by atomic mass is 35.5. The van der Waals surface area contributed by atoms with Gasteiger partial charge < -0.3 is 5.32 Å². The van der Waals surface area contributed by atoms with Gasteiger partial charge in [-0.25, -0.2) is 4.39 Å². The van der Waals surface area contributed by atoms with E-state index in [1.807, 2.05) is 0 Å². The van der Waals surface area contributed by atoms with Gasteiger partial charge in [0.2, 0.25) is 0 Å². The summed E-state index contributed by atoms with van der Waals surface area (Å²) in [6.07, 6.45) is 0. The summed E-state index contributed by atoms with van der Waals surface area (Å²) in [6, 6.07) is 4.84. The lowest BCUT2D eigenvalue weighted by Crippen LogP contribution is -2.10. The second kappa shape index (κ2) is 3.87. The third kappa shape index (κ3) is 1.96. The molecule has 0 amide bonds. The van der Waals surface area contributed by atoms with E-state index in [9.17, 15) is 4.39 Å². The summed E-state index contributed by atoms with van der Waals surface area (Å²) in [5.74, 6) is -0.196. The van der Waals surface area contributed by atoms with E-state index < -0.39 is 0 Å². The number of halogens is 2. The van der Waals surface area contributed by atoms with E-state index in [2.05, 4.69) is 5.32 Å². The zero-order valence-electron chi connectivity index (χ0n) is 7.07. The molecule has 0 fully saturated rings. The first kappa shape index (κ1) is 9.49. The van der Waals surface area contributed by atoms with Crippen LogP contribution < -0.4 is 5.32 Å². The van der Waals surface area contributed by atoms with E-state index in [1.54, 1.807) is 26.1 Å². The fraction of sp³-hybridized carbons (Fsp3) is 0.333.